The summed E-state index contributed by atoms with van der Waals surface area (Å²) in [6.45, 7) is 10.2. The van der Waals surface area contributed by atoms with E-state index >= 15 is 0 Å². The lowest BCUT2D eigenvalue weighted by Gasteiger charge is -2.46. The van der Waals surface area contributed by atoms with Crippen LogP contribution in [0.5, 0.6) is 0 Å². The van der Waals surface area contributed by atoms with E-state index in [0.29, 0.717) is 0 Å². The van der Waals surface area contributed by atoms with Crippen LogP contribution in [0.2, 0.25) is 0 Å². The van der Waals surface area contributed by atoms with Gasteiger partial charge in [0, 0.05) is 57.5 Å². The molecule has 0 aromatic carbocycles. The molecular weight excluding hydrogens is 224 g/mol. The molecule has 0 spiro atoms. The molecule has 18 heavy (non-hydrogen) atoms. The minimum Gasteiger partial charge on any atom is -0.314 e. The van der Waals surface area contributed by atoms with Crippen LogP contribution in [0.1, 0.15) is 11.4 Å². The lowest BCUT2D eigenvalue weighted by molar-refractivity contribution is 0.0216. The molecule has 2 aliphatic rings. The number of rotatable bonds is 3. The Bertz CT molecular complexity index is 395. The zero-order valence-electron chi connectivity index (χ0n) is 11.1. The van der Waals surface area contributed by atoms with E-state index in [1.807, 2.05) is 0 Å². The second-order valence-corrected chi connectivity index (χ2v) is 5.40. The quantitative estimate of drug-likeness (QED) is 0.840. The van der Waals surface area contributed by atoms with Crippen molar-refractivity contribution in [3.63, 3.8) is 0 Å². The van der Waals surface area contributed by atoms with Gasteiger partial charge in [-0.1, -0.05) is 6.07 Å². The Morgan fingerprint density at radius 3 is 2.78 bits per heavy atom. The fourth-order valence-electron chi connectivity index (χ4n) is 2.87. The van der Waals surface area contributed by atoms with E-state index in [0.717, 1.165) is 31.4 Å². The van der Waals surface area contributed by atoms with Crippen LogP contribution in [-0.2, 0) is 6.54 Å². The van der Waals surface area contributed by atoms with Crippen LogP contribution >= 0.6 is 0 Å². The molecule has 0 atom stereocenters. The van der Waals surface area contributed by atoms with Crippen LogP contribution in [0.4, 0.5) is 0 Å². The lowest BCUT2D eigenvalue weighted by Crippen LogP contribution is -2.62. The molecule has 1 N–H and O–H groups in total. The number of pyridine rings is 1. The van der Waals surface area contributed by atoms with Gasteiger partial charge in [-0.05, 0) is 19.1 Å². The van der Waals surface area contributed by atoms with Crippen molar-refractivity contribution in [2.45, 2.75) is 19.5 Å². The maximum Gasteiger partial charge on any atom is 0.0547 e. The molecule has 2 aliphatic heterocycles. The van der Waals surface area contributed by atoms with Crippen molar-refractivity contribution in [3.8, 4) is 0 Å². The second kappa shape index (κ2) is 5.34. The largest absolute Gasteiger partial charge is 0.314 e. The summed E-state index contributed by atoms with van der Waals surface area (Å²) in [5.74, 6) is 0. The first-order valence-corrected chi connectivity index (χ1v) is 6.91. The molecule has 0 amide bonds. The molecule has 2 fully saturated rings. The fraction of sp³-hybridized carbons (Fsp3) is 0.643. The third-order valence-corrected chi connectivity index (χ3v) is 3.94. The number of likely N-dealkylation sites (tertiary alicyclic amines) is 1. The molecule has 0 bridgehead atoms. The van der Waals surface area contributed by atoms with E-state index in [9.17, 15) is 0 Å². The molecule has 1 aromatic rings. The molecule has 2 saturated heterocycles. The van der Waals surface area contributed by atoms with Crippen molar-refractivity contribution in [2.75, 3.05) is 39.3 Å². The highest BCUT2D eigenvalue weighted by molar-refractivity contribution is 5.10. The molecule has 0 radical (unpaired) electrons. The summed E-state index contributed by atoms with van der Waals surface area (Å²) in [5, 5.41) is 3.41. The maximum atomic E-state index is 4.57. The summed E-state index contributed by atoms with van der Waals surface area (Å²) < 4.78 is 0. The van der Waals surface area contributed by atoms with Gasteiger partial charge in [0.15, 0.2) is 0 Å². The Kier molecular flexibility index (Phi) is 3.59. The van der Waals surface area contributed by atoms with Crippen molar-refractivity contribution in [1.29, 1.82) is 0 Å². The molecule has 0 aliphatic carbocycles. The summed E-state index contributed by atoms with van der Waals surface area (Å²) in [7, 11) is 0. The van der Waals surface area contributed by atoms with Crippen LogP contribution in [-0.4, -0.2) is 60.1 Å². The van der Waals surface area contributed by atoms with Crippen molar-refractivity contribution in [1.82, 2.24) is 20.1 Å². The Morgan fingerprint density at radius 2 is 2.06 bits per heavy atom. The zero-order valence-corrected chi connectivity index (χ0v) is 11.1. The monoisotopic (exact) mass is 246 g/mol. The van der Waals surface area contributed by atoms with Gasteiger partial charge >= 0.3 is 0 Å². The van der Waals surface area contributed by atoms with Gasteiger partial charge in [0.05, 0.1) is 5.69 Å². The molecule has 0 unspecified atom stereocenters. The first-order chi connectivity index (χ1) is 8.81. The smallest absolute Gasteiger partial charge is 0.0547 e. The second-order valence-electron chi connectivity index (χ2n) is 5.40. The number of aryl methyl sites for hydroxylation is 1. The number of nitrogens with one attached hydrogen (secondary N) is 1. The van der Waals surface area contributed by atoms with E-state index in [-0.39, 0.29) is 0 Å². The van der Waals surface area contributed by atoms with Gasteiger partial charge < -0.3 is 5.32 Å². The van der Waals surface area contributed by atoms with Gasteiger partial charge in [0.2, 0.25) is 0 Å². The molecule has 0 saturated carbocycles. The van der Waals surface area contributed by atoms with Gasteiger partial charge in [0.1, 0.15) is 0 Å². The Morgan fingerprint density at radius 1 is 1.28 bits per heavy atom. The predicted octanol–water partition coefficient (Wildman–Crippen LogP) is 0.479. The highest BCUT2D eigenvalue weighted by atomic mass is 15.3. The third kappa shape index (κ3) is 2.71. The van der Waals surface area contributed by atoms with E-state index in [1.54, 1.807) is 0 Å². The van der Waals surface area contributed by atoms with Crippen molar-refractivity contribution in [2.24, 2.45) is 0 Å². The van der Waals surface area contributed by atoms with Crippen molar-refractivity contribution < 1.29 is 0 Å². The summed E-state index contributed by atoms with van der Waals surface area (Å²) >= 11 is 0. The summed E-state index contributed by atoms with van der Waals surface area (Å²) in [6.07, 6.45) is 0. The summed E-state index contributed by atoms with van der Waals surface area (Å²) in [5.41, 5.74) is 2.32. The first kappa shape index (κ1) is 12.1. The number of hydrogen-bond donors (Lipinski definition) is 1. The summed E-state index contributed by atoms with van der Waals surface area (Å²) in [6, 6.07) is 7.07. The Labute approximate surface area is 109 Å². The SMILES string of the molecule is Cc1cccc(CN2CC(N3CCNCC3)C2)n1. The van der Waals surface area contributed by atoms with Crippen LogP contribution in [0.25, 0.3) is 0 Å². The number of hydrogen-bond acceptors (Lipinski definition) is 4. The molecule has 4 heteroatoms. The van der Waals surface area contributed by atoms with E-state index in [2.05, 4.69) is 45.2 Å². The van der Waals surface area contributed by atoms with Gasteiger partial charge in [-0.25, -0.2) is 0 Å². The normalized spacial score (nSPS) is 22.9. The van der Waals surface area contributed by atoms with Crippen LogP contribution in [0.3, 0.4) is 0 Å². The maximum absolute atomic E-state index is 4.57. The van der Waals surface area contributed by atoms with Gasteiger partial charge in [-0.3, -0.25) is 14.8 Å². The van der Waals surface area contributed by atoms with Crippen molar-refractivity contribution in [3.05, 3.63) is 29.6 Å². The summed E-state index contributed by atoms with van der Waals surface area (Å²) in [4.78, 5) is 9.68. The average Bonchev–Trinajstić information content (AvgIpc) is 2.34. The lowest BCUT2D eigenvalue weighted by atomic mass is 10.1. The molecule has 1 aromatic heterocycles. The Hall–Kier alpha value is -0.970. The Balaban J connectivity index is 1.47. The predicted molar refractivity (Wildman–Crippen MR) is 72.5 cm³/mol. The molecule has 98 valence electrons. The minimum atomic E-state index is 0.775. The van der Waals surface area contributed by atoms with E-state index in [1.165, 1.54) is 31.9 Å². The zero-order chi connectivity index (χ0) is 12.4. The number of nitrogens with zero attached hydrogens (tertiary/aromatic N) is 3. The standard InChI is InChI=1S/C14H22N4/c1-12-3-2-4-13(16-12)9-17-10-14(11-17)18-7-5-15-6-8-18/h2-4,14-15H,5-11H2,1H3. The highest BCUT2D eigenvalue weighted by Gasteiger charge is 2.32. The molecule has 4 nitrogen and oxygen atoms in total. The number of piperazine rings is 1. The van der Waals surface area contributed by atoms with E-state index < -0.39 is 0 Å². The van der Waals surface area contributed by atoms with Crippen LogP contribution in [0, 0.1) is 6.92 Å². The molecule has 3 heterocycles. The first-order valence-electron chi connectivity index (χ1n) is 6.91. The van der Waals surface area contributed by atoms with Gasteiger partial charge in [-0.2, -0.15) is 0 Å². The van der Waals surface area contributed by atoms with Crippen LogP contribution in [0.15, 0.2) is 18.2 Å². The minimum absolute atomic E-state index is 0.775. The topological polar surface area (TPSA) is 31.4 Å². The van der Waals surface area contributed by atoms with E-state index in [4.69, 9.17) is 0 Å². The molecule has 3 rings (SSSR count). The van der Waals surface area contributed by atoms with Crippen molar-refractivity contribution >= 4 is 0 Å². The highest BCUT2D eigenvalue weighted by Crippen LogP contribution is 2.17. The van der Waals surface area contributed by atoms with Gasteiger partial charge in [0.25, 0.3) is 0 Å². The average molecular weight is 246 g/mol. The molecular formula is C14H22N4. The third-order valence-electron chi connectivity index (χ3n) is 3.94. The van der Waals surface area contributed by atoms with Crippen LogP contribution < -0.4 is 5.32 Å². The fourth-order valence-corrected chi connectivity index (χ4v) is 2.87. The number of aromatic nitrogens is 1. The van der Waals surface area contributed by atoms with Gasteiger partial charge in [-0.15, -0.1) is 0 Å².